The van der Waals surface area contributed by atoms with E-state index in [0.717, 1.165) is 47.5 Å². The van der Waals surface area contributed by atoms with Crippen LogP contribution in [-0.2, 0) is 19.5 Å². The van der Waals surface area contributed by atoms with Crippen molar-refractivity contribution in [2.24, 2.45) is 0 Å². The molecule has 0 saturated carbocycles. The van der Waals surface area contributed by atoms with Gasteiger partial charge < -0.3 is 10.2 Å². The molecule has 144 valence electrons. The molecule has 0 fully saturated rings. The lowest BCUT2D eigenvalue weighted by atomic mass is 10.1. The molecule has 2 heterocycles. The molecule has 0 spiro atoms. The van der Waals surface area contributed by atoms with Crippen LogP contribution in [0.2, 0.25) is 0 Å². The summed E-state index contributed by atoms with van der Waals surface area (Å²) in [4.78, 5) is 7.34. The summed E-state index contributed by atoms with van der Waals surface area (Å²) in [6.45, 7) is 2.38. The number of rotatable bonds is 5. The van der Waals surface area contributed by atoms with Crippen molar-refractivity contribution in [3.05, 3.63) is 101 Å². The number of aromatic nitrogens is 1. The molecule has 1 aromatic heterocycles. The highest BCUT2D eigenvalue weighted by molar-refractivity contribution is 5.96. The number of pyridine rings is 1. The Morgan fingerprint density at radius 1 is 0.897 bits per heavy atom. The van der Waals surface area contributed by atoms with Crippen LogP contribution in [0.5, 0.6) is 0 Å². The molecule has 1 aliphatic rings. The van der Waals surface area contributed by atoms with Gasteiger partial charge in [-0.3, -0.25) is 0 Å². The number of benzene rings is 3. The van der Waals surface area contributed by atoms with Crippen molar-refractivity contribution in [1.29, 1.82) is 0 Å². The van der Waals surface area contributed by atoms with E-state index in [-0.39, 0.29) is 5.82 Å². The summed E-state index contributed by atoms with van der Waals surface area (Å²) in [5, 5.41) is 4.70. The smallest absolute Gasteiger partial charge is 0.134 e. The number of anilines is 2. The summed E-state index contributed by atoms with van der Waals surface area (Å²) in [5.41, 5.74) is 5.55. The predicted octanol–water partition coefficient (Wildman–Crippen LogP) is 5.55. The van der Waals surface area contributed by atoms with Gasteiger partial charge in [-0.2, -0.15) is 0 Å². The van der Waals surface area contributed by atoms with Crippen molar-refractivity contribution < 1.29 is 4.39 Å². The number of nitrogens with zero attached hydrogens (tertiary/aromatic N) is 2. The molecule has 4 heteroatoms. The maximum atomic E-state index is 13.6. The highest BCUT2D eigenvalue weighted by Crippen LogP contribution is 2.38. The van der Waals surface area contributed by atoms with E-state index in [1.165, 1.54) is 17.2 Å². The van der Waals surface area contributed by atoms with Gasteiger partial charge in [0.25, 0.3) is 0 Å². The van der Waals surface area contributed by atoms with Gasteiger partial charge in [-0.25, -0.2) is 9.37 Å². The fraction of sp³-hybridized carbons (Fsp3) is 0.160. The van der Waals surface area contributed by atoms with Gasteiger partial charge in [-0.1, -0.05) is 60.7 Å². The van der Waals surface area contributed by atoms with Gasteiger partial charge in [0.1, 0.15) is 11.6 Å². The van der Waals surface area contributed by atoms with E-state index >= 15 is 0 Å². The van der Waals surface area contributed by atoms with Crippen LogP contribution < -0.4 is 10.2 Å². The van der Waals surface area contributed by atoms with Gasteiger partial charge in [-0.05, 0) is 35.7 Å². The fourth-order valence-corrected chi connectivity index (χ4v) is 4.09. The van der Waals surface area contributed by atoms with Crippen molar-refractivity contribution >= 4 is 22.4 Å². The maximum absolute atomic E-state index is 13.6. The second-order valence-electron chi connectivity index (χ2n) is 7.45. The Bertz CT molecular complexity index is 1160. The van der Waals surface area contributed by atoms with Crippen LogP contribution >= 0.6 is 0 Å². The maximum Gasteiger partial charge on any atom is 0.134 e. The van der Waals surface area contributed by atoms with Gasteiger partial charge in [0, 0.05) is 30.6 Å². The largest absolute Gasteiger partial charge is 0.380 e. The molecular weight excluding hydrogens is 361 g/mol. The molecule has 0 atom stereocenters. The summed E-state index contributed by atoms with van der Waals surface area (Å²) in [6.07, 6.45) is 0.950. The number of nitrogens with one attached hydrogen (secondary N) is 1. The SMILES string of the molecule is Fc1cccc(CNc2c3c(nc4ccccc24)N(Cc2ccccc2)CC3)c1. The molecule has 1 aliphatic heterocycles. The second kappa shape index (κ2) is 7.55. The number of hydrogen-bond donors (Lipinski definition) is 1. The molecule has 0 aliphatic carbocycles. The van der Waals surface area contributed by atoms with Crippen molar-refractivity contribution in [2.45, 2.75) is 19.5 Å². The van der Waals surface area contributed by atoms with Crippen molar-refractivity contribution in [3.63, 3.8) is 0 Å². The summed E-state index contributed by atoms with van der Waals surface area (Å²) >= 11 is 0. The van der Waals surface area contributed by atoms with Gasteiger partial charge in [0.05, 0.1) is 11.2 Å². The van der Waals surface area contributed by atoms with Crippen molar-refractivity contribution in [3.8, 4) is 0 Å². The minimum atomic E-state index is -0.205. The van der Waals surface area contributed by atoms with Crippen LogP contribution in [0.4, 0.5) is 15.9 Å². The molecule has 0 bridgehead atoms. The third kappa shape index (κ3) is 3.54. The standard InChI is InChI=1S/C25H22FN3/c26-20-10-6-9-19(15-20)16-27-24-21-11-4-5-12-23(21)28-25-22(24)13-14-29(25)17-18-7-2-1-3-8-18/h1-12,15H,13-14,16-17H2,(H,27,28). The summed E-state index contributed by atoms with van der Waals surface area (Å²) < 4.78 is 13.6. The Labute approximate surface area is 169 Å². The zero-order valence-corrected chi connectivity index (χ0v) is 16.1. The van der Waals surface area contributed by atoms with E-state index in [2.05, 4.69) is 46.6 Å². The fourth-order valence-electron chi connectivity index (χ4n) is 4.09. The van der Waals surface area contributed by atoms with Gasteiger partial charge in [0.2, 0.25) is 0 Å². The van der Waals surface area contributed by atoms with Crippen LogP contribution in [0.15, 0.2) is 78.9 Å². The number of halogens is 1. The highest BCUT2D eigenvalue weighted by atomic mass is 19.1. The van der Waals surface area contributed by atoms with Crippen molar-refractivity contribution in [2.75, 3.05) is 16.8 Å². The summed E-state index contributed by atoms with van der Waals surface area (Å²) in [6, 6.07) is 25.5. The Hall–Kier alpha value is -3.40. The molecule has 0 saturated heterocycles. The van der Waals surface area contributed by atoms with E-state index in [0.29, 0.717) is 6.54 Å². The van der Waals surface area contributed by atoms with Crippen LogP contribution in [0.25, 0.3) is 10.9 Å². The van der Waals surface area contributed by atoms with E-state index < -0.39 is 0 Å². The molecule has 0 amide bonds. The molecule has 4 aromatic rings. The Morgan fingerprint density at radius 3 is 2.55 bits per heavy atom. The zero-order chi connectivity index (χ0) is 19.6. The lowest BCUT2D eigenvalue weighted by Gasteiger charge is -2.20. The highest BCUT2D eigenvalue weighted by Gasteiger charge is 2.25. The van der Waals surface area contributed by atoms with Crippen LogP contribution in [-0.4, -0.2) is 11.5 Å². The lowest BCUT2D eigenvalue weighted by molar-refractivity contribution is 0.626. The molecule has 1 N–H and O–H groups in total. The monoisotopic (exact) mass is 383 g/mol. The summed E-state index contributed by atoms with van der Waals surface area (Å²) in [5.74, 6) is 0.845. The van der Waals surface area contributed by atoms with E-state index in [1.807, 2.05) is 24.3 Å². The quantitative estimate of drug-likeness (QED) is 0.490. The Balaban J connectivity index is 1.51. The molecular formula is C25H22FN3. The second-order valence-corrected chi connectivity index (χ2v) is 7.45. The number of para-hydroxylation sites is 1. The lowest BCUT2D eigenvalue weighted by Crippen LogP contribution is -2.20. The predicted molar refractivity (Wildman–Crippen MR) is 117 cm³/mol. The topological polar surface area (TPSA) is 28.2 Å². The third-order valence-corrected chi connectivity index (χ3v) is 5.48. The first-order valence-electron chi connectivity index (χ1n) is 9.97. The van der Waals surface area contributed by atoms with Crippen molar-refractivity contribution in [1.82, 2.24) is 4.98 Å². The van der Waals surface area contributed by atoms with Gasteiger partial charge in [-0.15, -0.1) is 0 Å². The first-order chi connectivity index (χ1) is 14.3. The molecule has 5 rings (SSSR count). The number of fused-ring (bicyclic) bond motifs is 2. The van der Waals surface area contributed by atoms with Crippen LogP contribution in [0.3, 0.4) is 0 Å². The minimum absolute atomic E-state index is 0.205. The van der Waals surface area contributed by atoms with E-state index in [9.17, 15) is 4.39 Å². The Kier molecular flexibility index (Phi) is 4.60. The molecule has 29 heavy (non-hydrogen) atoms. The average Bonchev–Trinajstić information content (AvgIpc) is 3.14. The van der Waals surface area contributed by atoms with Gasteiger partial charge >= 0.3 is 0 Å². The van der Waals surface area contributed by atoms with E-state index in [1.54, 1.807) is 12.1 Å². The molecule has 0 radical (unpaired) electrons. The Morgan fingerprint density at radius 2 is 1.69 bits per heavy atom. The summed E-state index contributed by atoms with van der Waals surface area (Å²) in [7, 11) is 0. The van der Waals surface area contributed by atoms with Crippen LogP contribution in [0.1, 0.15) is 16.7 Å². The third-order valence-electron chi connectivity index (χ3n) is 5.48. The normalized spacial score (nSPS) is 12.9. The molecule has 3 nitrogen and oxygen atoms in total. The first-order valence-corrected chi connectivity index (χ1v) is 9.97. The number of hydrogen-bond acceptors (Lipinski definition) is 3. The minimum Gasteiger partial charge on any atom is -0.380 e. The average molecular weight is 383 g/mol. The van der Waals surface area contributed by atoms with E-state index in [4.69, 9.17) is 4.98 Å². The molecule has 3 aromatic carbocycles. The molecule has 0 unspecified atom stereocenters. The van der Waals surface area contributed by atoms with Gasteiger partial charge in [0.15, 0.2) is 0 Å². The van der Waals surface area contributed by atoms with Crippen LogP contribution in [0, 0.1) is 5.82 Å². The first kappa shape index (κ1) is 17.7. The zero-order valence-electron chi connectivity index (χ0n) is 16.1.